The number of anilines is 1. The van der Waals surface area contributed by atoms with Gasteiger partial charge in [0.1, 0.15) is 12.4 Å². The average Bonchev–Trinajstić information content (AvgIpc) is 2.54. The Labute approximate surface area is 125 Å². The van der Waals surface area contributed by atoms with Gasteiger partial charge in [-0.2, -0.15) is 0 Å². The summed E-state index contributed by atoms with van der Waals surface area (Å²) in [4.78, 5) is 0.316. The van der Waals surface area contributed by atoms with E-state index in [1.165, 1.54) is 4.31 Å². The summed E-state index contributed by atoms with van der Waals surface area (Å²) in [5, 5.41) is 0. The third-order valence-electron chi connectivity index (χ3n) is 3.61. The van der Waals surface area contributed by atoms with E-state index in [1.807, 2.05) is 31.2 Å². The van der Waals surface area contributed by atoms with Gasteiger partial charge < -0.3 is 4.74 Å². The van der Waals surface area contributed by atoms with Gasteiger partial charge in [0, 0.05) is 0 Å². The number of fused-ring (bicyclic) bond motifs is 1. The lowest BCUT2D eigenvalue weighted by molar-refractivity contribution is 0.316. The van der Waals surface area contributed by atoms with Crippen LogP contribution in [0.25, 0.3) is 0 Å². The lowest BCUT2D eigenvalue weighted by Gasteiger charge is -2.30. The van der Waals surface area contributed by atoms with Crippen LogP contribution in [-0.4, -0.2) is 21.6 Å². The largest absolute Gasteiger partial charge is 0.489 e. The second-order valence-electron chi connectivity index (χ2n) is 4.89. The first-order chi connectivity index (χ1) is 10.1. The maximum atomic E-state index is 12.8. The normalized spacial score (nSPS) is 14.4. The Morgan fingerprint density at radius 2 is 1.81 bits per heavy atom. The van der Waals surface area contributed by atoms with Gasteiger partial charge in [-0.15, -0.1) is 0 Å². The van der Waals surface area contributed by atoms with Gasteiger partial charge in [0.25, 0.3) is 10.0 Å². The Morgan fingerprint density at radius 3 is 2.52 bits per heavy atom. The van der Waals surface area contributed by atoms with Crippen LogP contribution >= 0.6 is 0 Å². The fourth-order valence-electron chi connectivity index (χ4n) is 2.42. The summed E-state index contributed by atoms with van der Waals surface area (Å²) < 4.78 is 32.6. The zero-order valence-corrected chi connectivity index (χ0v) is 12.6. The van der Waals surface area contributed by atoms with Crippen LogP contribution in [0, 0.1) is 0 Å². The minimum absolute atomic E-state index is 0.316. The molecule has 5 heteroatoms. The molecule has 0 radical (unpaired) electrons. The Balaban J connectivity index is 2.02. The quantitative estimate of drug-likeness (QED) is 0.876. The van der Waals surface area contributed by atoms with Gasteiger partial charge in [-0.05, 0) is 36.2 Å². The third kappa shape index (κ3) is 2.49. The Kier molecular flexibility index (Phi) is 3.59. The highest BCUT2D eigenvalue weighted by molar-refractivity contribution is 7.92. The number of hydrogen-bond acceptors (Lipinski definition) is 3. The smallest absolute Gasteiger partial charge is 0.264 e. The molecule has 3 rings (SSSR count). The molecule has 0 N–H and O–H groups in total. The molecule has 1 aliphatic heterocycles. The summed E-state index contributed by atoms with van der Waals surface area (Å²) in [6.45, 7) is 2.74. The van der Waals surface area contributed by atoms with E-state index in [9.17, 15) is 8.42 Å². The van der Waals surface area contributed by atoms with Gasteiger partial charge in [-0.1, -0.05) is 31.2 Å². The number of nitrogens with zero attached hydrogens (tertiary/aromatic N) is 1. The highest BCUT2D eigenvalue weighted by Gasteiger charge is 2.29. The van der Waals surface area contributed by atoms with Crippen LogP contribution in [0.3, 0.4) is 0 Å². The molecule has 4 nitrogen and oxygen atoms in total. The predicted molar refractivity (Wildman–Crippen MR) is 82.3 cm³/mol. The van der Waals surface area contributed by atoms with Gasteiger partial charge >= 0.3 is 0 Å². The second kappa shape index (κ2) is 5.41. The van der Waals surface area contributed by atoms with E-state index in [0.717, 1.165) is 12.0 Å². The van der Waals surface area contributed by atoms with Crippen molar-refractivity contribution < 1.29 is 13.2 Å². The molecule has 0 aromatic heterocycles. The van der Waals surface area contributed by atoms with Crippen LogP contribution in [0.15, 0.2) is 53.4 Å². The molecule has 1 aliphatic rings. The molecule has 0 fully saturated rings. The fraction of sp³-hybridized carbons (Fsp3) is 0.250. The van der Waals surface area contributed by atoms with Crippen LogP contribution in [0.4, 0.5) is 5.69 Å². The molecule has 0 unspecified atom stereocenters. The summed E-state index contributed by atoms with van der Waals surface area (Å²) in [7, 11) is -3.55. The molecule has 110 valence electrons. The molecule has 0 saturated carbocycles. The Bertz CT molecular complexity index is 738. The Morgan fingerprint density at radius 1 is 1.10 bits per heavy atom. The van der Waals surface area contributed by atoms with Crippen molar-refractivity contribution in [2.24, 2.45) is 0 Å². The first-order valence-electron chi connectivity index (χ1n) is 6.96. The summed E-state index contributed by atoms with van der Waals surface area (Å²) >= 11 is 0. The fourth-order valence-corrected chi connectivity index (χ4v) is 3.88. The van der Waals surface area contributed by atoms with Gasteiger partial charge in [0.15, 0.2) is 0 Å². The highest BCUT2D eigenvalue weighted by Crippen LogP contribution is 2.34. The van der Waals surface area contributed by atoms with Crippen molar-refractivity contribution in [1.29, 1.82) is 0 Å². The molecule has 0 atom stereocenters. The van der Waals surface area contributed by atoms with E-state index < -0.39 is 10.0 Å². The monoisotopic (exact) mass is 303 g/mol. The summed E-state index contributed by atoms with van der Waals surface area (Å²) in [6.07, 6.45) is 0.890. The second-order valence-corrected chi connectivity index (χ2v) is 6.75. The molecular formula is C16H17NO3S. The number of sulfonamides is 1. The minimum Gasteiger partial charge on any atom is -0.489 e. The number of para-hydroxylation sites is 2. The molecule has 2 aromatic carbocycles. The van der Waals surface area contributed by atoms with E-state index in [0.29, 0.717) is 29.5 Å². The number of benzene rings is 2. The van der Waals surface area contributed by atoms with E-state index in [4.69, 9.17) is 4.74 Å². The van der Waals surface area contributed by atoms with Crippen LogP contribution < -0.4 is 9.04 Å². The molecule has 0 saturated heterocycles. The van der Waals surface area contributed by atoms with E-state index >= 15 is 0 Å². The molecular weight excluding hydrogens is 286 g/mol. The van der Waals surface area contributed by atoms with Gasteiger partial charge in [-0.25, -0.2) is 8.42 Å². The van der Waals surface area contributed by atoms with Crippen molar-refractivity contribution in [3.8, 4) is 5.75 Å². The van der Waals surface area contributed by atoms with Crippen molar-refractivity contribution in [1.82, 2.24) is 0 Å². The first kappa shape index (κ1) is 13.9. The molecule has 0 amide bonds. The lowest BCUT2D eigenvalue weighted by Crippen LogP contribution is -2.37. The standard InChI is InChI=1S/C16H17NO3S/c1-2-13-7-9-14(10-8-13)21(18,19)17-11-12-20-16-6-4-3-5-15(16)17/h3-10H,2,11-12H2,1H3. The van der Waals surface area contributed by atoms with Crippen LogP contribution in [0.2, 0.25) is 0 Å². The number of rotatable bonds is 3. The maximum Gasteiger partial charge on any atom is 0.264 e. The van der Waals surface area contributed by atoms with Crippen LogP contribution in [0.1, 0.15) is 12.5 Å². The van der Waals surface area contributed by atoms with Gasteiger partial charge in [0.05, 0.1) is 17.1 Å². The predicted octanol–water partition coefficient (Wildman–Crippen LogP) is 2.84. The summed E-state index contributed by atoms with van der Waals surface area (Å²) in [6, 6.07) is 14.3. The van der Waals surface area contributed by atoms with Crippen LogP contribution in [0.5, 0.6) is 5.75 Å². The molecule has 1 heterocycles. The SMILES string of the molecule is CCc1ccc(S(=O)(=O)N2CCOc3ccccc32)cc1. The van der Waals surface area contributed by atoms with Crippen molar-refractivity contribution in [3.63, 3.8) is 0 Å². The molecule has 2 aromatic rings. The molecule has 0 aliphatic carbocycles. The van der Waals surface area contributed by atoms with E-state index in [1.54, 1.807) is 24.3 Å². The summed E-state index contributed by atoms with van der Waals surface area (Å²) in [5.74, 6) is 0.609. The van der Waals surface area contributed by atoms with Crippen molar-refractivity contribution >= 4 is 15.7 Å². The third-order valence-corrected chi connectivity index (χ3v) is 5.43. The van der Waals surface area contributed by atoms with Gasteiger partial charge in [0.2, 0.25) is 0 Å². The topological polar surface area (TPSA) is 46.6 Å². The highest BCUT2D eigenvalue weighted by atomic mass is 32.2. The van der Waals surface area contributed by atoms with Gasteiger partial charge in [-0.3, -0.25) is 4.31 Å². The van der Waals surface area contributed by atoms with Crippen LogP contribution in [-0.2, 0) is 16.4 Å². The molecule has 21 heavy (non-hydrogen) atoms. The average molecular weight is 303 g/mol. The maximum absolute atomic E-state index is 12.8. The summed E-state index contributed by atoms with van der Waals surface area (Å²) in [5.41, 5.74) is 1.72. The van der Waals surface area contributed by atoms with E-state index in [2.05, 4.69) is 0 Å². The molecule has 0 bridgehead atoms. The zero-order chi connectivity index (χ0) is 14.9. The lowest BCUT2D eigenvalue weighted by atomic mass is 10.2. The zero-order valence-electron chi connectivity index (χ0n) is 11.8. The minimum atomic E-state index is -3.55. The number of hydrogen-bond donors (Lipinski definition) is 0. The first-order valence-corrected chi connectivity index (χ1v) is 8.40. The van der Waals surface area contributed by atoms with E-state index in [-0.39, 0.29) is 0 Å². The number of aryl methyl sites for hydroxylation is 1. The van der Waals surface area contributed by atoms with Crippen molar-refractivity contribution in [2.45, 2.75) is 18.2 Å². The van der Waals surface area contributed by atoms with Crippen molar-refractivity contribution in [2.75, 3.05) is 17.5 Å². The molecule has 0 spiro atoms. The number of ether oxygens (including phenoxy) is 1. The van der Waals surface area contributed by atoms with Crippen molar-refractivity contribution in [3.05, 3.63) is 54.1 Å². The Hall–Kier alpha value is -2.01.